The molecular formula is C39H54N8O11. The van der Waals surface area contributed by atoms with E-state index in [0.717, 1.165) is 4.90 Å². The number of amides is 7. The molecule has 0 bridgehead atoms. The van der Waals surface area contributed by atoms with Crippen LogP contribution < -0.4 is 38.1 Å². The minimum atomic E-state index is -1.68. The monoisotopic (exact) mass is 810 g/mol. The first-order chi connectivity index (χ1) is 27.4. The van der Waals surface area contributed by atoms with Crippen molar-refractivity contribution >= 4 is 47.3 Å². The van der Waals surface area contributed by atoms with Gasteiger partial charge in [0.1, 0.15) is 42.0 Å². The summed E-state index contributed by atoms with van der Waals surface area (Å²) in [6, 6.07) is 5.26. The Morgan fingerprint density at radius 2 is 1.31 bits per heavy atom. The maximum atomic E-state index is 13.6. The van der Waals surface area contributed by atoms with E-state index in [1.807, 2.05) is 13.8 Å². The van der Waals surface area contributed by atoms with Crippen molar-refractivity contribution in [3.63, 3.8) is 0 Å². The number of likely N-dealkylation sites (tertiary alicyclic amines) is 1. The Labute approximate surface area is 335 Å². The average Bonchev–Trinajstić information content (AvgIpc) is 3.67. The number of hydrogen-bond acceptors (Lipinski definition) is 11. The van der Waals surface area contributed by atoms with Gasteiger partial charge in [0.25, 0.3) is 0 Å². The number of carboxylic acid groups (broad SMARTS) is 1. The molecule has 58 heavy (non-hydrogen) atoms. The fourth-order valence-corrected chi connectivity index (χ4v) is 6.34. The molecule has 7 amide bonds. The number of aliphatic carboxylic acids is 1. The molecule has 19 heteroatoms. The Morgan fingerprint density at radius 3 is 1.90 bits per heavy atom. The summed E-state index contributed by atoms with van der Waals surface area (Å²) in [6.07, 6.45) is 0.0652. The molecule has 2 aromatic rings. The number of rotatable bonds is 21. The molecule has 0 unspecified atom stereocenters. The van der Waals surface area contributed by atoms with Gasteiger partial charge in [0.05, 0.1) is 19.1 Å². The molecule has 316 valence electrons. The number of aliphatic hydroxyl groups excluding tert-OH is 1. The maximum absolute atomic E-state index is 13.6. The van der Waals surface area contributed by atoms with Crippen LogP contribution in [0.4, 0.5) is 0 Å². The number of nitrogens with zero attached hydrogens (tertiary/aromatic N) is 1. The van der Waals surface area contributed by atoms with Gasteiger partial charge in [0, 0.05) is 19.4 Å². The third kappa shape index (κ3) is 14.1. The first kappa shape index (κ1) is 46.3. The zero-order valence-corrected chi connectivity index (χ0v) is 32.7. The number of aliphatic hydroxyl groups is 1. The van der Waals surface area contributed by atoms with Gasteiger partial charge in [-0.25, -0.2) is 4.79 Å². The van der Waals surface area contributed by atoms with Gasteiger partial charge in [-0.1, -0.05) is 56.3 Å². The van der Waals surface area contributed by atoms with Crippen LogP contribution in [-0.4, -0.2) is 123 Å². The average molecular weight is 811 g/mol. The summed E-state index contributed by atoms with van der Waals surface area (Å²) in [5.41, 5.74) is 12.6. The lowest BCUT2D eigenvalue weighted by Crippen LogP contribution is -2.60. The first-order valence-electron chi connectivity index (χ1n) is 18.9. The summed E-state index contributed by atoms with van der Waals surface area (Å²) in [5, 5.41) is 41.7. The molecule has 0 radical (unpaired) electrons. The van der Waals surface area contributed by atoms with Crippen molar-refractivity contribution in [1.29, 1.82) is 0 Å². The highest BCUT2D eigenvalue weighted by atomic mass is 16.4. The van der Waals surface area contributed by atoms with Crippen LogP contribution in [0.2, 0.25) is 0 Å². The van der Waals surface area contributed by atoms with Crippen LogP contribution in [-0.2, 0) is 51.2 Å². The summed E-state index contributed by atoms with van der Waals surface area (Å²) < 4.78 is 0. The van der Waals surface area contributed by atoms with E-state index in [4.69, 9.17) is 11.5 Å². The number of nitrogens with two attached hydrogens (primary N) is 2. The van der Waals surface area contributed by atoms with Crippen LogP contribution >= 0.6 is 0 Å². The highest BCUT2D eigenvalue weighted by molar-refractivity contribution is 5.98. The summed E-state index contributed by atoms with van der Waals surface area (Å²) in [4.78, 5) is 105. The smallest absolute Gasteiger partial charge is 0.326 e. The maximum Gasteiger partial charge on any atom is 0.326 e. The molecule has 2 aromatic carbocycles. The van der Waals surface area contributed by atoms with E-state index in [2.05, 4.69) is 26.6 Å². The molecule has 0 spiro atoms. The number of hydrogen-bond donors (Lipinski definition) is 10. The molecule has 7 atom stereocenters. The Bertz CT molecular complexity index is 1780. The highest BCUT2D eigenvalue weighted by Crippen LogP contribution is 2.20. The van der Waals surface area contributed by atoms with E-state index in [1.54, 1.807) is 42.5 Å². The molecule has 1 heterocycles. The van der Waals surface area contributed by atoms with Crippen LogP contribution in [0, 0.1) is 5.92 Å². The third-order valence-corrected chi connectivity index (χ3v) is 9.39. The number of phenolic OH excluding ortho intramolecular Hbond substituents is 1. The number of primary amides is 1. The summed E-state index contributed by atoms with van der Waals surface area (Å²) in [7, 11) is 0. The number of carbonyl (C=O) groups excluding carboxylic acids is 7. The molecule has 0 saturated carbocycles. The Hall–Kier alpha value is -6.08. The minimum absolute atomic E-state index is 0.0166. The third-order valence-electron chi connectivity index (χ3n) is 9.39. The SMILES string of the molecule is CC(C)C[C@H](N)C(=O)N[C@@H](Cc1ccc(O)cc1)C(=O)N[C@@H](C)C(=O)N[C@@H](CC(N)=O)C(=O)N[C@@H](CO)C(=O)N1CCC[C@H]1C(=O)N[C@@H](Cc1ccccc1)C(=O)O. The normalized spacial score (nSPS) is 16.8. The predicted octanol–water partition coefficient (Wildman–Crippen LogP) is -2.06. The van der Waals surface area contributed by atoms with Gasteiger partial charge < -0.3 is 58.3 Å². The lowest BCUT2D eigenvalue weighted by atomic mass is 10.0. The van der Waals surface area contributed by atoms with Gasteiger partial charge in [-0.05, 0) is 55.4 Å². The van der Waals surface area contributed by atoms with Gasteiger partial charge in [-0.2, -0.15) is 0 Å². The zero-order chi connectivity index (χ0) is 43.1. The van der Waals surface area contributed by atoms with E-state index in [9.17, 15) is 53.7 Å². The standard InChI is InChI=1S/C39H54N8O11/c1-21(2)16-26(40)34(52)44-27(17-24-11-13-25(49)14-12-24)35(53)42-22(3)33(51)43-28(19-32(41)50)36(54)46-30(20-48)38(56)47-15-7-10-31(47)37(55)45-29(39(57)58)18-23-8-5-4-6-9-23/h4-6,8-9,11-14,21-22,26-31,48-49H,7,10,15-20,40H2,1-3H3,(H2,41,50)(H,42,53)(H,43,51)(H,44,52)(H,45,55)(H,46,54)(H,57,58)/t22-,26-,27-,28-,29-,30-,31-/m0/s1. The van der Waals surface area contributed by atoms with Crippen molar-refractivity contribution in [1.82, 2.24) is 31.5 Å². The Kier molecular flexibility index (Phi) is 17.6. The summed E-state index contributed by atoms with van der Waals surface area (Å²) in [5.74, 6) is -7.29. The number of phenols is 1. The largest absolute Gasteiger partial charge is 0.508 e. The van der Waals surface area contributed by atoms with E-state index >= 15 is 0 Å². The van der Waals surface area contributed by atoms with Crippen molar-refractivity contribution in [2.24, 2.45) is 17.4 Å². The van der Waals surface area contributed by atoms with E-state index in [-0.39, 0.29) is 37.5 Å². The number of carbonyl (C=O) groups is 8. The van der Waals surface area contributed by atoms with E-state index in [0.29, 0.717) is 24.0 Å². The van der Waals surface area contributed by atoms with Gasteiger partial charge in [-0.3, -0.25) is 33.6 Å². The van der Waals surface area contributed by atoms with Gasteiger partial charge in [0.15, 0.2) is 0 Å². The van der Waals surface area contributed by atoms with Crippen molar-refractivity contribution in [3.8, 4) is 5.75 Å². The molecule has 0 aromatic heterocycles. The molecule has 1 fully saturated rings. The Balaban J connectivity index is 1.69. The van der Waals surface area contributed by atoms with Crippen LogP contribution in [0.3, 0.4) is 0 Å². The second kappa shape index (κ2) is 22.0. The van der Waals surface area contributed by atoms with Crippen LogP contribution in [0.5, 0.6) is 5.75 Å². The Morgan fingerprint density at radius 1 is 0.741 bits per heavy atom. The predicted molar refractivity (Wildman–Crippen MR) is 208 cm³/mol. The van der Waals surface area contributed by atoms with Crippen LogP contribution in [0.1, 0.15) is 57.6 Å². The van der Waals surface area contributed by atoms with Crippen molar-refractivity contribution in [2.75, 3.05) is 13.2 Å². The second-order valence-corrected chi connectivity index (χ2v) is 14.7. The second-order valence-electron chi connectivity index (χ2n) is 14.7. The lowest BCUT2D eigenvalue weighted by molar-refractivity contribution is -0.145. The van der Waals surface area contributed by atoms with Crippen molar-refractivity contribution in [2.45, 2.75) is 102 Å². The quantitative estimate of drug-likeness (QED) is 0.0651. The van der Waals surface area contributed by atoms with E-state index in [1.165, 1.54) is 19.1 Å². The molecule has 19 nitrogen and oxygen atoms in total. The topological polar surface area (TPSA) is 313 Å². The minimum Gasteiger partial charge on any atom is -0.508 e. The van der Waals surface area contributed by atoms with Crippen LogP contribution in [0.25, 0.3) is 0 Å². The summed E-state index contributed by atoms with van der Waals surface area (Å²) >= 11 is 0. The van der Waals surface area contributed by atoms with E-state index < -0.39 is 103 Å². The fourth-order valence-electron chi connectivity index (χ4n) is 6.34. The lowest BCUT2D eigenvalue weighted by Gasteiger charge is -2.29. The zero-order valence-electron chi connectivity index (χ0n) is 32.7. The first-order valence-corrected chi connectivity index (χ1v) is 18.9. The summed E-state index contributed by atoms with van der Waals surface area (Å²) in [6.45, 7) is 4.14. The molecule has 3 rings (SSSR count). The fraction of sp³-hybridized carbons (Fsp3) is 0.487. The molecule has 12 N–H and O–H groups in total. The molecule has 1 aliphatic heterocycles. The van der Waals surface area contributed by atoms with Gasteiger partial charge in [-0.15, -0.1) is 0 Å². The highest BCUT2D eigenvalue weighted by Gasteiger charge is 2.40. The van der Waals surface area contributed by atoms with Crippen LogP contribution in [0.15, 0.2) is 54.6 Å². The van der Waals surface area contributed by atoms with Gasteiger partial charge in [0.2, 0.25) is 41.4 Å². The number of benzene rings is 2. The van der Waals surface area contributed by atoms with Crippen molar-refractivity contribution in [3.05, 3.63) is 65.7 Å². The molecule has 0 aliphatic carbocycles. The number of aromatic hydroxyl groups is 1. The number of nitrogens with one attached hydrogen (secondary N) is 5. The molecular weight excluding hydrogens is 756 g/mol. The molecule has 1 saturated heterocycles. The van der Waals surface area contributed by atoms with Gasteiger partial charge >= 0.3 is 5.97 Å². The number of carboxylic acids is 1. The van der Waals surface area contributed by atoms with Crippen molar-refractivity contribution < 1.29 is 53.7 Å². The molecule has 1 aliphatic rings.